The van der Waals surface area contributed by atoms with Crippen molar-refractivity contribution in [2.45, 2.75) is 58.9 Å². The van der Waals surface area contributed by atoms with Gasteiger partial charge in [-0.25, -0.2) is 4.98 Å². The summed E-state index contributed by atoms with van der Waals surface area (Å²) in [7, 11) is 0. The first kappa shape index (κ1) is 13.1. The van der Waals surface area contributed by atoms with Gasteiger partial charge in [0.15, 0.2) is 0 Å². The van der Waals surface area contributed by atoms with E-state index in [9.17, 15) is 8.78 Å². The van der Waals surface area contributed by atoms with Crippen LogP contribution in [0.1, 0.15) is 59.1 Å². The fourth-order valence-electron chi connectivity index (χ4n) is 1.55. The van der Waals surface area contributed by atoms with Gasteiger partial charge in [-0.3, -0.25) is 0 Å². The van der Waals surface area contributed by atoms with Gasteiger partial charge in [0.25, 0.3) is 5.92 Å². The van der Waals surface area contributed by atoms with Gasteiger partial charge in [0.2, 0.25) is 0 Å². The molecule has 0 aromatic carbocycles. The maximum Gasteiger partial charge on any atom is 0.288 e. The van der Waals surface area contributed by atoms with Crippen LogP contribution in [-0.2, 0) is 11.3 Å². The molecule has 1 heterocycles. The van der Waals surface area contributed by atoms with Gasteiger partial charge in [-0.05, 0) is 13.8 Å². The van der Waals surface area contributed by atoms with Crippen LogP contribution >= 0.6 is 0 Å². The van der Waals surface area contributed by atoms with Crippen LogP contribution in [0.3, 0.4) is 0 Å². The molecule has 0 aliphatic carbocycles. The summed E-state index contributed by atoms with van der Waals surface area (Å²) < 4.78 is 28.3. The van der Waals surface area contributed by atoms with E-state index in [-0.39, 0.29) is 17.2 Å². The third kappa shape index (κ3) is 2.60. The zero-order valence-electron chi connectivity index (χ0n) is 10.8. The average molecular weight is 230 g/mol. The molecule has 0 aliphatic rings. The molecule has 0 atom stereocenters. The standard InChI is InChI=1S/C12H20F2N2/c1-8(2)16-7-9(12(6,13)14)15-10(16)11(3,4)5/h7-8H,1-6H3. The van der Waals surface area contributed by atoms with Crippen LogP contribution in [0.5, 0.6) is 0 Å². The average Bonchev–Trinajstić information content (AvgIpc) is 2.44. The molecule has 1 aromatic rings. The minimum Gasteiger partial charge on any atom is -0.331 e. The highest BCUT2D eigenvalue weighted by molar-refractivity contribution is 5.15. The number of alkyl halides is 2. The lowest BCUT2D eigenvalue weighted by Crippen LogP contribution is -2.20. The molecule has 4 heteroatoms. The van der Waals surface area contributed by atoms with Gasteiger partial charge in [0.05, 0.1) is 0 Å². The van der Waals surface area contributed by atoms with Crippen LogP contribution in [0.4, 0.5) is 8.78 Å². The number of hydrogen-bond acceptors (Lipinski definition) is 1. The molecule has 0 aliphatic heterocycles. The summed E-state index contributed by atoms with van der Waals surface area (Å²) in [6, 6.07) is 0.137. The van der Waals surface area contributed by atoms with Crippen molar-refractivity contribution < 1.29 is 8.78 Å². The van der Waals surface area contributed by atoms with E-state index in [0.29, 0.717) is 5.82 Å². The molecule has 0 radical (unpaired) electrons. The summed E-state index contributed by atoms with van der Waals surface area (Å²) in [6.45, 7) is 10.7. The van der Waals surface area contributed by atoms with Crippen LogP contribution in [0.25, 0.3) is 0 Å². The Bertz CT molecular complexity index is 367. The van der Waals surface area contributed by atoms with Gasteiger partial charge in [-0.15, -0.1) is 0 Å². The van der Waals surface area contributed by atoms with Crippen molar-refractivity contribution in [3.05, 3.63) is 17.7 Å². The molecule has 0 spiro atoms. The van der Waals surface area contributed by atoms with E-state index in [1.54, 1.807) is 0 Å². The first-order chi connectivity index (χ1) is 7.03. The molecule has 1 rings (SSSR count). The Morgan fingerprint density at radius 2 is 1.69 bits per heavy atom. The highest BCUT2D eigenvalue weighted by atomic mass is 19.3. The second kappa shape index (κ2) is 3.82. The van der Waals surface area contributed by atoms with E-state index in [0.717, 1.165) is 6.92 Å². The van der Waals surface area contributed by atoms with Crippen LogP contribution < -0.4 is 0 Å². The van der Waals surface area contributed by atoms with E-state index in [4.69, 9.17) is 0 Å². The molecule has 0 fully saturated rings. The van der Waals surface area contributed by atoms with Crippen molar-refractivity contribution in [3.8, 4) is 0 Å². The van der Waals surface area contributed by atoms with Crippen LogP contribution in [0.2, 0.25) is 0 Å². The molecular weight excluding hydrogens is 210 g/mol. The Hall–Kier alpha value is -0.930. The van der Waals surface area contributed by atoms with Crippen molar-refractivity contribution in [2.75, 3.05) is 0 Å². The fourth-order valence-corrected chi connectivity index (χ4v) is 1.55. The molecule has 0 N–H and O–H groups in total. The third-order valence-corrected chi connectivity index (χ3v) is 2.41. The highest BCUT2D eigenvalue weighted by Crippen LogP contribution is 2.31. The fraction of sp³-hybridized carbons (Fsp3) is 0.750. The van der Waals surface area contributed by atoms with Crippen molar-refractivity contribution in [1.29, 1.82) is 0 Å². The molecule has 0 saturated heterocycles. The van der Waals surface area contributed by atoms with Gasteiger partial charge in [-0.2, -0.15) is 8.78 Å². The second-order valence-corrected chi connectivity index (χ2v) is 5.59. The predicted octanol–water partition coefficient (Wildman–Crippen LogP) is 3.87. The van der Waals surface area contributed by atoms with Crippen molar-refractivity contribution in [2.24, 2.45) is 0 Å². The molecule has 16 heavy (non-hydrogen) atoms. The minimum atomic E-state index is -2.87. The number of hydrogen-bond donors (Lipinski definition) is 0. The number of aromatic nitrogens is 2. The monoisotopic (exact) mass is 230 g/mol. The summed E-state index contributed by atoms with van der Waals surface area (Å²) in [5, 5.41) is 0. The normalized spacial score (nSPS) is 13.6. The largest absolute Gasteiger partial charge is 0.331 e. The molecular formula is C12H20F2N2. The lowest BCUT2D eigenvalue weighted by molar-refractivity contribution is 0.0129. The SMILES string of the molecule is CC(C)n1cc(C(C)(F)F)nc1C(C)(C)C. The molecule has 92 valence electrons. The summed E-state index contributed by atoms with van der Waals surface area (Å²) in [5.41, 5.74) is -0.376. The Morgan fingerprint density at radius 1 is 1.19 bits per heavy atom. The Balaban J connectivity index is 3.32. The number of imidazole rings is 1. The van der Waals surface area contributed by atoms with Crippen molar-refractivity contribution in [1.82, 2.24) is 9.55 Å². The number of rotatable bonds is 2. The van der Waals surface area contributed by atoms with Crippen molar-refractivity contribution in [3.63, 3.8) is 0 Å². The maximum atomic E-state index is 13.2. The summed E-state index contributed by atoms with van der Waals surface area (Å²) in [4.78, 5) is 4.09. The summed E-state index contributed by atoms with van der Waals surface area (Å²) in [5.74, 6) is -2.17. The van der Waals surface area contributed by atoms with Gasteiger partial charge >= 0.3 is 0 Å². The zero-order valence-corrected chi connectivity index (χ0v) is 10.8. The van der Waals surface area contributed by atoms with E-state index in [1.807, 2.05) is 39.2 Å². The summed E-state index contributed by atoms with van der Waals surface area (Å²) >= 11 is 0. The molecule has 0 saturated carbocycles. The predicted molar refractivity (Wildman–Crippen MR) is 60.9 cm³/mol. The minimum absolute atomic E-state index is 0.137. The molecule has 0 amide bonds. The van der Waals surface area contributed by atoms with Gasteiger partial charge in [-0.1, -0.05) is 20.8 Å². The topological polar surface area (TPSA) is 17.8 Å². The zero-order chi connectivity index (χ0) is 12.7. The smallest absolute Gasteiger partial charge is 0.288 e. The highest BCUT2D eigenvalue weighted by Gasteiger charge is 2.32. The van der Waals surface area contributed by atoms with E-state index in [2.05, 4.69) is 4.98 Å². The quantitative estimate of drug-likeness (QED) is 0.754. The van der Waals surface area contributed by atoms with Crippen LogP contribution in [-0.4, -0.2) is 9.55 Å². The Labute approximate surface area is 95.7 Å². The Morgan fingerprint density at radius 3 is 1.94 bits per heavy atom. The van der Waals surface area contributed by atoms with Crippen LogP contribution in [0.15, 0.2) is 6.20 Å². The van der Waals surface area contributed by atoms with E-state index < -0.39 is 5.92 Å². The second-order valence-electron chi connectivity index (χ2n) is 5.59. The van der Waals surface area contributed by atoms with E-state index in [1.165, 1.54) is 6.20 Å². The Kier molecular flexibility index (Phi) is 3.14. The van der Waals surface area contributed by atoms with Gasteiger partial charge in [0, 0.05) is 24.6 Å². The maximum absolute atomic E-state index is 13.2. The lowest BCUT2D eigenvalue weighted by atomic mass is 9.95. The summed E-state index contributed by atoms with van der Waals surface area (Å²) in [6.07, 6.45) is 1.46. The lowest BCUT2D eigenvalue weighted by Gasteiger charge is -2.21. The van der Waals surface area contributed by atoms with Gasteiger partial charge in [0.1, 0.15) is 11.5 Å². The van der Waals surface area contributed by atoms with Crippen molar-refractivity contribution >= 4 is 0 Å². The number of halogens is 2. The van der Waals surface area contributed by atoms with E-state index >= 15 is 0 Å². The van der Waals surface area contributed by atoms with Gasteiger partial charge < -0.3 is 4.57 Å². The number of nitrogens with zero attached hydrogens (tertiary/aromatic N) is 2. The first-order valence-electron chi connectivity index (χ1n) is 5.51. The van der Waals surface area contributed by atoms with Crippen LogP contribution in [0, 0.1) is 0 Å². The molecule has 0 bridgehead atoms. The molecule has 2 nitrogen and oxygen atoms in total. The molecule has 0 unspecified atom stereocenters. The molecule has 1 aromatic heterocycles. The third-order valence-electron chi connectivity index (χ3n) is 2.41. The first-order valence-corrected chi connectivity index (χ1v) is 5.51.